The van der Waals surface area contributed by atoms with Gasteiger partial charge in [-0.25, -0.2) is 0 Å². The van der Waals surface area contributed by atoms with Crippen LogP contribution in [0, 0.1) is 11.8 Å². The van der Waals surface area contributed by atoms with E-state index in [1.807, 2.05) is 0 Å². The summed E-state index contributed by atoms with van der Waals surface area (Å²) >= 11 is 1.13. The molecule has 1 rings (SSSR count). The molecule has 102 valence electrons. The average Bonchev–Trinajstić information content (AvgIpc) is 2.29. The van der Waals surface area contributed by atoms with Crippen molar-refractivity contribution in [1.29, 1.82) is 0 Å². The molecule has 0 unspecified atom stereocenters. The van der Waals surface area contributed by atoms with Gasteiger partial charge in [-0.15, -0.1) is 0 Å². The Morgan fingerprint density at radius 2 is 2.11 bits per heavy atom. The van der Waals surface area contributed by atoms with Crippen LogP contribution in [0.25, 0.3) is 0 Å². The van der Waals surface area contributed by atoms with Crippen LogP contribution in [0.3, 0.4) is 0 Å². The summed E-state index contributed by atoms with van der Waals surface area (Å²) in [6.07, 6.45) is -3.99. The molecule has 1 aromatic rings. The molecule has 0 atom stereocenters. The molecule has 0 radical (unpaired) electrons. The molecule has 0 amide bonds. The number of alkyl halides is 3. The van der Waals surface area contributed by atoms with E-state index in [9.17, 15) is 18.0 Å². The van der Waals surface area contributed by atoms with Crippen LogP contribution in [0.5, 0.6) is 0 Å². The minimum absolute atomic E-state index is 0.0135. The summed E-state index contributed by atoms with van der Waals surface area (Å²) in [6.45, 7) is 1.45. The van der Waals surface area contributed by atoms with Crippen molar-refractivity contribution < 1.29 is 18.0 Å². The van der Waals surface area contributed by atoms with E-state index in [0.29, 0.717) is 12.2 Å². The van der Waals surface area contributed by atoms with E-state index < -0.39 is 11.7 Å². The third-order valence-electron chi connectivity index (χ3n) is 2.14. The van der Waals surface area contributed by atoms with Crippen LogP contribution < -0.4 is 5.73 Å². The Labute approximate surface area is 113 Å². The quantitative estimate of drug-likeness (QED) is 0.515. The highest BCUT2D eigenvalue weighted by Gasteiger charge is 2.30. The molecule has 0 aliphatic carbocycles. The summed E-state index contributed by atoms with van der Waals surface area (Å²) in [5, 5.41) is -0.0135. The van der Waals surface area contributed by atoms with Gasteiger partial charge in [0.2, 0.25) is 0 Å². The normalized spacial score (nSPS) is 10.7. The fourth-order valence-electron chi connectivity index (χ4n) is 1.24. The molecule has 2 nitrogen and oxygen atoms in total. The summed E-state index contributed by atoms with van der Waals surface area (Å²) in [5.74, 6) is 5.82. The molecule has 19 heavy (non-hydrogen) atoms. The van der Waals surface area contributed by atoms with Gasteiger partial charge in [-0.3, -0.25) is 4.79 Å². The third kappa shape index (κ3) is 5.26. The lowest BCUT2D eigenvalue weighted by atomic mass is 10.1. The van der Waals surface area contributed by atoms with Gasteiger partial charge in [0, 0.05) is 30.3 Å². The number of benzene rings is 1. The van der Waals surface area contributed by atoms with Crippen molar-refractivity contribution in [2.24, 2.45) is 0 Å². The number of thioether (sulfide) groups is 1. The highest BCUT2D eigenvalue weighted by atomic mass is 32.2. The first-order valence-electron chi connectivity index (χ1n) is 5.39. The number of hydrogen-bond donors (Lipinski definition) is 1. The number of anilines is 1. The van der Waals surface area contributed by atoms with Crippen molar-refractivity contribution in [1.82, 2.24) is 0 Å². The maximum Gasteiger partial charge on any atom is 0.416 e. The molecule has 6 heteroatoms. The van der Waals surface area contributed by atoms with Crippen molar-refractivity contribution in [3.05, 3.63) is 29.3 Å². The molecule has 0 saturated carbocycles. The highest BCUT2D eigenvalue weighted by molar-refractivity contribution is 8.13. The Hall–Kier alpha value is -1.61. The van der Waals surface area contributed by atoms with Crippen LogP contribution in [0.2, 0.25) is 0 Å². The number of halogens is 3. The van der Waals surface area contributed by atoms with Crippen molar-refractivity contribution in [3.8, 4) is 11.8 Å². The zero-order valence-corrected chi connectivity index (χ0v) is 11.0. The van der Waals surface area contributed by atoms with Gasteiger partial charge < -0.3 is 5.73 Å². The van der Waals surface area contributed by atoms with Gasteiger partial charge in [0.15, 0.2) is 5.12 Å². The number of carbonyl (C=O) groups is 1. The number of nitrogen functional groups attached to an aromatic ring is 1. The summed E-state index contributed by atoms with van der Waals surface area (Å²) in [4.78, 5) is 10.7. The lowest BCUT2D eigenvalue weighted by molar-refractivity contribution is -0.137. The smallest absolute Gasteiger partial charge is 0.398 e. The molecule has 0 aliphatic heterocycles. The molecule has 0 fully saturated rings. The van der Waals surface area contributed by atoms with Gasteiger partial charge in [0.1, 0.15) is 0 Å². The molecule has 1 aromatic carbocycles. The number of carbonyl (C=O) groups excluding carboxylic acids is 1. The Kier molecular flexibility index (Phi) is 5.31. The molecular formula is C13H12F3NOS. The van der Waals surface area contributed by atoms with Crippen LogP contribution in [0.15, 0.2) is 18.2 Å². The number of nitrogens with two attached hydrogens (primary N) is 1. The SMILES string of the molecule is CC(=O)SCCC#Cc1cc(C(F)(F)F)ccc1N. The molecule has 0 spiro atoms. The first-order chi connectivity index (χ1) is 8.80. The Bertz CT molecular complexity index is 529. The highest BCUT2D eigenvalue weighted by Crippen LogP contribution is 2.30. The minimum atomic E-state index is -4.41. The molecule has 0 aliphatic rings. The van der Waals surface area contributed by atoms with Crippen LogP contribution in [0.1, 0.15) is 24.5 Å². The standard InChI is InChI=1S/C13H12F3NOS/c1-9(18)19-7-3-2-4-10-8-11(13(14,15)16)5-6-12(10)17/h5-6,8H,3,7,17H2,1H3. The topological polar surface area (TPSA) is 43.1 Å². The summed E-state index contributed by atoms with van der Waals surface area (Å²) in [5.41, 5.74) is 5.16. The Balaban J connectivity index is 2.78. The van der Waals surface area contributed by atoms with Gasteiger partial charge in [-0.2, -0.15) is 13.2 Å². The largest absolute Gasteiger partial charge is 0.416 e. The Morgan fingerprint density at radius 1 is 1.42 bits per heavy atom. The van der Waals surface area contributed by atoms with Crippen molar-refractivity contribution in [2.75, 3.05) is 11.5 Å². The zero-order valence-electron chi connectivity index (χ0n) is 10.2. The third-order valence-corrected chi connectivity index (χ3v) is 2.95. The van der Waals surface area contributed by atoms with Crippen LogP contribution >= 0.6 is 11.8 Å². The fraction of sp³-hybridized carbons (Fsp3) is 0.308. The summed E-state index contributed by atoms with van der Waals surface area (Å²) in [7, 11) is 0. The van der Waals surface area contributed by atoms with Gasteiger partial charge in [0.05, 0.1) is 5.56 Å². The second-order valence-electron chi connectivity index (χ2n) is 3.69. The van der Waals surface area contributed by atoms with E-state index in [-0.39, 0.29) is 16.4 Å². The van der Waals surface area contributed by atoms with Crippen molar-refractivity contribution >= 4 is 22.6 Å². The van der Waals surface area contributed by atoms with Crippen molar-refractivity contribution in [2.45, 2.75) is 19.5 Å². The molecular weight excluding hydrogens is 275 g/mol. The lowest BCUT2D eigenvalue weighted by Gasteiger charge is -2.07. The van der Waals surface area contributed by atoms with Crippen LogP contribution in [-0.4, -0.2) is 10.9 Å². The second-order valence-corrected chi connectivity index (χ2v) is 4.96. The van der Waals surface area contributed by atoms with Crippen LogP contribution in [-0.2, 0) is 11.0 Å². The predicted molar refractivity (Wildman–Crippen MR) is 70.5 cm³/mol. The summed E-state index contributed by atoms with van der Waals surface area (Å²) < 4.78 is 37.5. The molecule has 2 N–H and O–H groups in total. The van der Waals surface area contributed by atoms with E-state index in [1.165, 1.54) is 13.0 Å². The molecule has 0 aromatic heterocycles. The maximum absolute atomic E-state index is 12.5. The van der Waals surface area contributed by atoms with E-state index in [4.69, 9.17) is 5.73 Å². The Morgan fingerprint density at radius 3 is 2.68 bits per heavy atom. The fourth-order valence-corrected chi connectivity index (χ4v) is 1.74. The number of hydrogen-bond acceptors (Lipinski definition) is 3. The van der Waals surface area contributed by atoms with E-state index in [2.05, 4.69) is 11.8 Å². The molecule has 0 heterocycles. The summed E-state index contributed by atoms with van der Waals surface area (Å²) in [6, 6.07) is 3.05. The first kappa shape index (κ1) is 15.4. The number of rotatable bonds is 2. The van der Waals surface area contributed by atoms with Crippen molar-refractivity contribution in [3.63, 3.8) is 0 Å². The average molecular weight is 287 g/mol. The van der Waals surface area contributed by atoms with Gasteiger partial charge >= 0.3 is 6.18 Å². The van der Waals surface area contributed by atoms with E-state index >= 15 is 0 Å². The molecule has 0 bridgehead atoms. The zero-order chi connectivity index (χ0) is 14.5. The van der Waals surface area contributed by atoms with Gasteiger partial charge in [-0.05, 0) is 18.2 Å². The minimum Gasteiger partial charge on any atom is -0.398 e. The molecule has 0 saturated heterocycles. The second kappa shape index (κ2) is 6.53. The maximum atomic E-state index is 12.5. The lowest BCUT2D eigenvalue weighted by Crippen LogP contribution is -2.05. The predicted octanol–water partition coefficient (Wildman–Crippen LogP) is 3.31. The first-order valence-corrected chi connectivity index (χ1v) is 6.38. The van der Waals surface area contributed by atoms with Gasteiger partial charge in [-0.1, -0.05) is 23.6 Å². The van der Waals surface area contributed by atoms with E-state index in [0.717, 1.165) is 23.9 Å². The van der Waals surface area contributed by atoms with Gasteiger partial charge in [0.25, 0.3) is 0 Å². The van der Waals surface area contributed by atoms with Crippen LogP contribution in [0.4, 0.5) is 18.9 Å². The monoisotopic (exact) mass is 287 g/mol. The van der Waals surface area contributed by atoms with E-state index in [1.54, 1.807) is 0 Å².